The minimum atomic E-state index is -0.877. The highest BCUT2D eigenvalue weighted by Gasteiger charge is 2.35. The molecule has 18 heavy (non-hydrogen) atoms. The lowest BCUT2D eigenvalue weighted by atomic mass is 10.0. The highest BCUT2D eigenvalue weighted by molar-refractivity contribution is 5.24. The molecule has 2 rings (SSSR count). The second-order valence-corrected chi connectivity index (χ2v) is 4.47. The molecule has 1 saturated heterocycles. The van der Waals surface area contributed by atoms with Gasteiger partial charge >= 0.3 is 0 Å². The van der Waals surface area contributed by atoms with Crippen molar-refractivity contribution in [2.75, 3.05) is 26.8 Å². The third-order valence-corrected chi connectivity index (χ3v) is 3.35. The van der Waals surface area contributed by atoms with E-state index in [4.69, 9.17) is 4.74 Å². The Bertz CT molecular complexity index is 414. The number of rotatable bonds is 4. The van der Waals surface area contributed by atoms with Gasteiger partial charge in [0.2, 0.25) is 0 Å². The topological polar surface area (TPSA) is 32.7 Å². The van der Waals surface area contributed by atoms with Crippen molar-refractivity contribution in [1.29, 1.82) is 0 Å². The summed E-state index contributed by atoms with van der Waals surface area (Å²) < 4.78 is 32.0. The van der Waals surface area contributed by atoms with Crippen LogP contribution in [0.1, 0.15) is 18.0 Å². The lowest BCUT2D eigenvalue weighted by Gasteiger charge is -2.26. The van der Waals surface area contributed by atoms with E-state index >= 15 is 0 Å². The Hall–Kier alpha value is -1.04. The van der Waals surface area contributed by atoms with Crippen LogP contribution in [0.5, 0.6) is 0 Å². The quantitative estimate of drug-likeness (QED) is 0.891. The fourth-order valence-electron chi connectivity index (χ4n) is 2.45. The number of methoxy groups -OCH3 is 1. The van der Waals surface area contributed by atoms with Crippen LogP contribution < -0.4 is 0 Å². The van der Waals surface area contributed by atoms with E-state index in [9.17, 15) is 13.9 Å². The molecular weight excluding hydrogens is 240 g/mol. The molecule has 1 aliphatic rings. The van der Waals surface area contributed by atoms with E-state index in [1.165, 1.54) is 12.1 Å². The lowest BCUT2D eigenvalue weighted by Crippen LogP contribution is -2.31. The van der Waals surface area contributed by atoms with E-state index < -0.39 is 23.8 Å². The van der Waals surface area contributed by atoms with Gasteiger partial charge in [0, 0.05) is 25.8 Å². The van der Waals surface area contributed by atoms with Gasteiger partial charge < -0.3 is 9.84 Å². The van der Waals surface area contributed by atoms with Crippen LogP contribution in [0, 0.1) is 11.6 Å². The number of aliphatic hydroxyl groups excluding tert-OH is 1. The lowest BCUT2D eigenvalue weighted by molar-refractivity contribution is 0.0912. The molecule has 2 atom stereocenters. The van der Waals surface area contributed by atoms with Gasteiger partial charge in [0.25, 0.3) is 0 Å². The molecule has 0 spiro atoms. The van der Waals surface area contributed by atoms with Gasteiger partial charge in [-0.1, -0.05) is 12.1 Å². The first-order chi connectivity index (χ1) is 8.65. The van der Waals surface area contributed by atoms with Crippen LogP contribution in [0.2, 0.25) is 0 Å². The standard InChI is InChI=1S/C13H17F2NO2/c1-18-8-7-16-6-5-11(17)13(16)9-3-2-4-10(14)12(9)15/h2-4,11,13,17H,5-8H2,1H3. The van der Waals surface area contributed by atoms with Gasteiger partial charge in [0.15, 0.2) is 11.6 Å². The number of nitrogens with zero attached hydrogens (tertiary/aromatic N) is 1. The third-order valence-electron chi connectivity index (χ3n) is 3.35. The number of hydrogen-bond donors (Lipinski definition) is 1. The molecule has 1 aliphatic heterocycles. The van der Waals surface area contributed by atoms with Crippen molar-refractivity contribution in [2.45, 2.75) is 18.6 Å². The average Bonchev–Trinajstić information content (AvgIpc) is 2.72. The Balaban J connectivity index is 2.25. The number of likely N-dealkylation sites (tertiary alicyclic amines) is 1. The molecule has 0 radical (unpaired) electrons. The molecule has 1 aromatic carbocycles. The molecule has 0 saturated carbocycles. The molecule has 3 nitrogen and oxygen atoms in total. The Morgan fingerprint density at radius 3 is 2.94 bits per heavy atom. The smallest absolute Gasteiger partial charge is 0.163 e. The van der Waals surface area contributed by atoms with Gasteiger partial charge in [-0.25, -0.2) is 8.78 Å². The first-order valence-corrected chi connectivity index (χ1v) is 6.00. The molecule has 1 fully saturated rings. The fourth-order valence-corrected chi connectivity index (χ4v) is 2.45. The molecule has 0 aromatic heterocycles. The molecule has 0 aliphatic carbocycles. The van der Waals surface area contributed by atoms with Crippen LogP contribution in [-0.4, -0.2) is 42.9 Å². The van der Waals surface area contributed by atoms with Crippen molar-refractivity contribution >= 4 is 0 Å². The predicted octanol–water partition coefficient (Wildman–Crippen LogP) is 1.72. The van der Waals surface area contributed by atoms with Crippen molar-refractivity contribution in [3.05, 3.63) is 35.4 Å². The zero-order chi connectivity index (χ0) is 13.1. The highest BCUT2D eigenvalue weighted by atomic mass is 19.2. The molecule has 0 amide bonds. The molecule has 1 heterocycles. The van der Waals surface area contributed by atoms with Gasteiger partial charge in [0.1, 0.15) is 0 Å². The summed E-state index contributed by atoms with van der Waals surface area (Å²) in [7, 11) is 1.59. The van der Waals surface area contributed by atoms with Crippen LogP contribution in [0.4, 0.5) is 8.78 Å². The summed E-state index contributed by atoms with van der Waals surface area (Å²) in [6.07, 6.45) is -0.109. The zero-order valence-electron chi connectivity index (χ0n) is 10.3. The van der Waals surface area contributed by atoms with Crippen LogP contribution in [0.25, 0.3) is 0 Å². The van der Waals surface area contributed by atoms with Crippen LogP contribution in [0.15, 0.2) is 18.2 Å². The maximum absolute atomic E-state index is 13.8. The molecule has 1 aromatic rings. The minimum Gasteiger partial charge on any atom is -0.391 e. The minimum absolute atomic E-state index is 0.219. The van der Waals surface area contributed by atoms with Crippen molar-refractivity contribution in [2.24, 2.45) is 0 Å². The Labute approximate surface area is 105 Å². The van der Waals surface area contributed by atoms with Crippen LogP contribution >= 0.6 is 0 Å². The van der Waals surface area contributed by atoms with Crippen molar-refractivity contribution in [3.63, 3.8) is 0 Å². The van der Waals surface area contributed by atoms with E-state index in [0.29, 0.717) is 26.1 Å². The first kappa shape index (κ1) is 13.4. The maximum Gasteiger partial charge on any atom is 0.163 e. The molecule has 100 valence electrons. The monoisotopic (exact) mass is 257 g/mol. The molecule has 5 heteroatoms. The van der Waals surface area contributed by atoms with Gasteiger partial charge in [-0.2, -0.15) is 0 Å². The highest BCUT2D eigenvalue weighted by Crippen LogP contribution is 2.33. The zero-order valence-corrected chi connectivity index (χ0v) is 10.3. The second-order valence-electron chi connectivity index (χ2n) is 4.47. The van der Waals surface area contributed by atoms with E-state index in [1.807, 2.05) is 4.90 Å². The second kappa shape index (κ2) is 5.73. The van der Waals surface area contributed by atoms with Crippen LogP contribution in [0.3, 0.4) is 0 Å². The summed E-state index contributed by atoms with van der Waals surface area (Å²) in [4.78, 5) is 1.92. The van der Waals surface area contributed by atoms with Gasteiger partial charge in [0.05, 0.1) is 18.8 Å². The summed E-state index contributed by atoms with van der Waals surface area (Å²) in [5.74, 6) is -1.75. The fraction of sp³-hybridized carbons (Fsp3) is 0.538. The van der Waals surface area contributed by atoms with E-state index in [2.05, 4.69) is 0 Å². The summed E-state index contributed by atoms with van der Waals surface area (Å²) >= 11 is 0. The van der Waals surface area contributed by atoms with Gasteiger partial charge in [-0.15, -0.1) is 0 Å². The summed E-state index contributed by atoms with van der Waals surface area (Å²) in [6.45, 7) is 1.75. The molecular formula is C13H17F2NO2. The van der Waals surface area contributed by atoms with E-state index in [-0.39, 0.29) is 5.56 Å². The SMILES string of the molecule is COCCN1CCC(O)C1c1cccc(F)c1F. The largest absolute Gasteiger partial charge is 0.391 e. The van der Waals surface area contributed by atoms with Crippen molar-refractivity contribution < 1.29 is 18.6 Å². The summed E-state index contributed by atoms with van der Waals surface area (Å²) in [6, 6.07) is 3.58. The summed E-state index contributed by atoms with van der Waals surface area (Å²) in [5.41, 5.74) is 0.219. The van der Waals surface area contributed by atoms with E-state index in [0.717, 1.165) is 6.07 Å². The first-order valence-electron chi connectivity index (χ1n) is 6.00. The normalized spacial score (nSPS) is 24.7. The summed E-state index contributed by atoms with van der Waals surface area (Å²) in [5, 5.41) is 9.96. The van der Waals surface area contributed by atoms with Crippen molar-refractivity contribution in [1.82, 2.24) is 4.90 Å². The average molecular weight is 257 g/mol. The molecule has 2 unspecified atom stereocenters. The maximum atomic E-state index is 13.8. The number of halogens is 2. The number of hydrogen-bond acceptors (Lipinski definition) is 3. The Kier molecular flexibility index (Phi) is 4.27. The Morgan fingerprint density at radius 1 is 1.44 bits per heavy atom. The Morgan fingerprint density at radius 2 is 2.22 bits per heavy atom. The third kappa shape index (κ3) is 2.53. The van der Waals surface area contributed by atoms with E-state index in [1.54, 1.807) is 7.11 Å². The van der Waals surface area contributed by atoms with Gasteiger partial charge in [-0.05, 0) is 12.5 Å². The molecule has 1 N–H and O–H groups in total. The van der Waals surface area contributed by atoms with Crippen LogP contribution in [-0.2, 0) is 4.74 Å². The number of benzene rings is 1. The predicted molar refractivity (Wildman–Crippen MR) is 63.2 cm³/mol. The number of aliphatic hydroxyl groups is 1. The van der Waals surface area contributed by atoms with Crippen molar-refractivity contribution in [3.8, 4) is 0 Å². The molecule has 0 bridgehead atoms. The van der Waals surface area contributed by atoms with Gasteiger partial charge in [-0.3, -0.25) is 4.90 Å². The number of ether oxygens (including phenoxy) is 1.